The summed E-state index contributed by atoms with van der Waals surface area (Å²) >= 11 is 0. The average molecular weight is 263 g/mol. The minimum Gasteiger partial charge on any atom is -0.506 e. The van der Waals surface area contributed by atoms with Crippen LogP contribution < -0.4 is 5.73 Å². The number of nitrogen functional groups attached to an aromatic ring is 1. The number of aromatic nitrogens is 4. The van der Waals surface area contributed by atoms with Crippen LogP contribution in [0.4, 0.5) is 5.82 Å². The van der Waals surface area contributed by atoms with E-state index >= 15 is 0 Å². The van der Waals surface area contributed by atoms with Crippen LogP contribution in [0.5, 0.6) is 0 Å². The second-order valence-electron chi connectivity index (χ2n) is 4.24. The Hall–Kier alpha value is -2.35. The fourth-order valence-corrected chi connectivity index (χ4v) is 2.10. The first-order valence-corrected chi connectivity index (χ1v) is 5.84. The highest BCUT2D eigenvalue weighted by molar-refractivity contribution is 5.81. The van der Waals surface area contributed by atoms with E-state index in [1.165, 1.54) is 17.2 Å². The van der Waals surface area contributed by atoms with Gasteiger partial charge in [0.2, 0.25) is 0 Å². The standard InChI is InChI=1S/C11H13N5O3/c1-2-5-7(17)8(18)11(19-5)16-4-15-6-9(12)13-3-14-10(6)16/h3-5,11,17-18H,2H2,1H3,(H2,12,13,14)/t5-,11-/m1/s1. The number of anilines is 1. The molecular weight excluding hydrogens is 250 g/mol. The number of aliphatic hydroxyl groups is 2. The maximum absolute atomic E-state index is 9.94. The summed E-state index contributed by atoms with van der Waals surface area (Å²) in [5.41, 5.74) is 6.56. The third kappa shape index (κ3) is 1.60. The van der Waals surface area contributed by atoms with Gasteiger partial charge in [0.05, 0.1) is 6.33 Å². The summed E-state index contributed by atoms with van der Waals surface area (Å²) in [4.78, 5) is 12.0. The van der Waals surface area contributed by atoms with Crippen LogP contribution in [0.1, 0.15) is 19.6 Å². The first-order valence-electron chi connectivity index (χ1n) is 5.84. The zero-order valence-corrected chi connectivity index (χ0v) is 10.2. The van der Waals surface area contributed by atoms with Gasteiger partial charge in [-0.1, -0.05) is 6.92 Å². The monoisotopic (exact) mass is 263 g/mol. The number of hydrogen-bond donors (Lipinski definition) is 3. The van der Waals surface area contributed by atoms with Gasteiger partial charge in [0.1, 0.15) is 17.9 Å². The zero-order chi connectivity index (χ0) is 13.6. The zero-order valence-electron chi connectivity index (χ0n) is 10.2. The number of rotatable bonds is 2. The number of hydrogen-bond acceptors (Lipinski definition) is 7. The molecule has 4 N–H and O–H groups in total. The van der Waals surface area contributed by atoms with Gasteiger partial charge in [-0.3, -0.25) is 4.57 Å². The smallest absolute Gasteiger partial charge is 0.198 e. The molecule has 0 bridgehead atoms. The van der Waals surface area contributed by atoms with Crippen molar-refractivity contribution in [1.29, 1.82) is 0 Å². The van der Waals surface area contributed by atoms with E-state index in [0.717, 1.165) is 0 Å². The van der Waals surface area contributed by atoms with Gasteiger partial charge in [0.15, 0.2) is 29.2 Å². The van der Waals surface area contributed by atoms with Gasteiger partial charge >= 0.3 is 0 Å². The topological polar surface area (TPSA) is 119 Å². The van der Waals surface area contributed by atoms with Crippen LogP contribution in [0.15, 0.2) is 24.2 Å². The molecule has 19 heavy (non-hydrogen) atoms. The van der Waals surface area contributed by atoms with Crippen molar-refractivity contribution in [3.8, 4) is 0 Å². The SMILES string of the molecule is CC[C@H]1O[C@@H](n2cnc3c(N)ncnc32)C(O)=C1O. The Kier molecular flexibility index (Phi) is 2.53. The fourth-order valence-electron chi connectivity index (χ4n) is 2.10. The summed E-state index contributed by atoms with van der Waals surface area (Å²) < 4.78 is 7.08. The lowest BCUT2D eigenvalue weighted by Gasteiger charge is -2.14. The van der Waals surface area contributed by atoms with Crippen molar-refractivity contribution in [1.82, 2.24) is 19.5 Å². The Labute approximate surface area is 108 Å². The molecule has 2 aromatic rings. The fraction of sp³-hybridized carbons (Fsp3) is 0.364. The van der Waals surface area contributed by atoms with E-state index in [4.69, 9.17) is 10.5 Å². The highest BCUT2D eigenvalue weighted by Crippen LogP contribution is 2.34. The molecule has 2 aromatic heterocycles. The number of imidazole rings is 1. The number of ether oxygens (including phenoxy) is 1. The third-order valence-corrected chi connectivity index (χ3v) is 3.11. The number of nitrogens with two attached hydrogens (primary N) is 1. The molecule has 0 saturated heterocycles. The Morgan fingerprint density at radius 3 is 2.79 bits per heavy atom. The van der Waals surface area contributed by atoms with Gasteiger partial charge in [0, 0.05) is 0 Å². The number of aliphatic hydroxyl groups excluding tert-OH is 2. The van der Waals surface area contributed by atoms with Crippen molar-refractivity contribution in [2.75, 3.05) is 5.73 Å². The molecule has 8 nitrogen and oxygen atoms in total. The van der Waals surface area contributed by atoms with Gasteiger partial charge in [-0.2, -0.15) is 0 Å². The van der Waals surface area contributed by atoms with Crippen molar-refractivity contribution in [2.45, 2.75) is 25.7 Å². The largest absolute Gasteiger partial charge is 0.506 e. The molecule has 0 fully saturated rings. The first-order chi connectivity index (χ1) is 9.13. The Balaban J connectivity index is 2.10. The summed E-state index contributed by atoms with van der Waals surface area (Å²) in [7, 11) is 0. The molecule has 0 aromatic carbocycles. The molecule has 0 amide bonds. The molecular formula is C11H13N5O3. The van der Waals surface area contributed by atoms with Crippen LogP contribution >= 0.6 is 0 Å². The van der Waals surface area contributed by atoms with E-state index in [2.05, 4.69) is 15.0 Å². The van der Waals surface area contributed by atoms with E-state index in [9.17, 15) is 10.2 Å². The summed E-state index contributed by atoms with van der Waals surface area (Å²) in [5.74, 6) is -0.138. The molecule has 1 aliphatic heterocycles. The van der Waals surface area contributed by atoms with Gasteiger partial charge < -0.3 is 20.7 Å². The maximum atomic E-state index is 9.94. The van der Waals surface area contributed by atoms with Crippen LogP contribution in [0, 0.1) is 0 Å². The molecule has 0 saturated carbocycles. The van der Waals surface area contributed by atoms with Crippen molar-refractivity contribution in [3.05, 3.63) is 24.2 Å². The first kappa shape index (κ1) is 11.7. The van der Waals surface area contributed by atoms with Crippen LogP contribution in [-0.2, 0) is 4.74 Å². The highest BCUT2D eigenvalue weighted by atomic mass is 16.5. The highest BCUT2D eigenvalue weighted by Gasteiger charge is 2.36. The number of nitrogens with zero attached hydrogens (tertiary/aromatic N) is 4. The number of fused-ring (bicyclic) bond motifs is 1. The predicted molar refractivity (Wildman–Crippen MR) is 66.2 cm³/mol. The van der Waals surface area contributed by atoms with Gasteiger partial charge in [-0.25, -0.2) is 15.0 Å². The minimum absolute atomic E-state index is 0.156. The molecule has 0 radical (unpaired) electrons. The molecule has 3 rings (SSSR count). The second kappa shape index (κ2) is 4.09. The molecule has 0 spiro atoms. The molecule has 1 aliphatic rings. The van der Waals surface area contributed by atoms with Crippen molar-refractivity contribution < 1.29 is 14.9 Å². The van der Waals surface area contributed by atoms with Crippen LogP contribution in [0.25, 0.3) is 11.2 Å². The van der Waals surface area contributed by atoms with Crippen molar-refractivity contribution in [2.24, 2.45) is 0 Å². The summed E-state index contributed by atoms with van der Waals surface area (Å²) in [5, 5.41) is 19.7. The lowest BCUT2D eigenvalue weighted by Crippen LogP contribution is -2.14. The minimum atomic E-state index is -0.843. The molecule has 3 heterocycles. The summed E-state index contributed by atoms with van der Waals surface area (Å²) in [6.45, 7) is 1.85. The second-order valence-corrected chi connectivity index (χ2v) is 4.24. The normalized spacial score (nSPS) is 23.4. The molecule has 0 unspecified atom stereocenters. The van der Waals surface area contributed by atoms with Gasteiger partial charge in [-0.15, -0.1) is 0 Å². The van der Waals surface area contributed by atoms with E-state index in [1.54, 1.807) is 0 Å². The van der Waals surface area contributed by atoms with E-state index in [0.29, 0.717) is 17.6 Å². The Morgan fingerprint density at radius 1 is 1.32 bits per heavy atom. The quantitative estimate of drug-likeness (QED) is 0.740. The lowest BCUT2D eigenvalue weighted by molar-refractivity contribution is -0.0117. The van der Waals surface area contributed by atoms with Crippen LogP contribution in [0.2, 0.25) is 0 Å². The predicted octanol–water partition coefficient (Wildman–Crippen LogP) is 1.04. The average Bonchev–Trinajstić information content (AvgIpc) is 2.94. The molecule has 8 heteroatoms. The van der Waals surface area contributed by atoms with E-state index in [1.807, 2.05) is 6.92 Å². The summed E-state index contributed by atoms with van der Waals surface area (Å²) in [6, 6.07) is 0. The van der Waals surface area contributed by atoms with E-state index < -0.39 is 12.3 Å². The molecule has 2 atom stereocenters. The maximum Gasteiger partial charge on any atom is 0.198 e. The lowest BCUT2D eigenvalue weighted by atomic mass is 10.2. The van der Waals surface area contributed by atoms with Crippen molar-refractivity contribution in [3.63, 3.8) is 0 Å². The molecule has 100 valence electrons. The van der Waals surface area contributed by atoms with Gasteiger partial charge in [0.25, 0.3) is 0 Å². The summed E-state index contributed by atoms with van der Waals surface area (Å²) in [6.07, 6.45) is 1.94. The third-order valence-electron chi connectivity index (χ3n) is 3.11. The Bertz CT molecular complexity index is 665. The van der Waals surface area contributed by atoms with Crippen LogP contribution in [0.3, 0.4) is 0 Å². The molecule has 0 aliphatic carbocycles. The van der Waals surface area contributed by atoms with Crippen molar-refractivity contribution >= 4 is 17.0 Å². The van der Waals surface area contributed by atoms with E-state index in [-0.39, 0.29) is 17.3 Å². The Morgan fingerprint density at radius 2 is 2.11 bits per heavy atom. The van der Waals surface area contributed by atoms with Crippen LogP contribution in [-0.4, -0.2) is 35.8 Å². The van der Waals surface area contributed by atoms with Gasteiger partial charge in [-0.05, 0) is 6.42 Å².